The van der Waals surface area contributed by atoms with Gasteiger partial charge in [-0.1, -0.05) is 37.6 Å². The van der Waals surface area contributed by atoms with Gasteiger partial charge in [0.1, 0.15) is 29.7 Å². The van der Waals surface area contributed by atoms with E-state index in [1.165, 1.54) is 0 Å². The molecule has 0 aromatic rings. The van der Waals surface area contributed by atoms with Gasteiger partial charge in [-0.2, -0.15) is 0 Å². The molecule has 0 aromatic heterocycles. The standard InChI is InChI=1S/C33H49NO7/c1-21(7-11-30-31(37)33(20-40-33)13-15-39-30)6-9-26-16-23(3)28(17-22(26)2)18-29(36)10-8-24(4)41-32(38)34-14-12-27(19-34)25(5)35/h6-8,10-11,22-24,26-28,30-31,37H,9,12-20H2,1-5H3/b10-8-,11-7+,21-6+/t22-,23-,24-,26+,27?,28-,30?,31+,33+/m0/s1. The molecule has 2 unspecified atom stereocenters. The van der Waals surface area contributed by atoms with Gasteiger partial charge in [0.15, 0.2) is 5.78 Å². The summed E-state index contributed by atoms with van der Waals surface area (Å²) >= 11 is 0. The fourth-order valence-corrected chi connectivity index (χ4v) is 6.64. The Morgan fingerprint density at radius 2 is 1.83 bits per heavy atom. The van der Waals surface area contributed by atoms with Gasteiger partial charge in [-0.05, 0) is 82.3 Å². The zero-order valence-electron chi connectivity index (χ0n) is 25.4. The Morgan fingerprint density at radius 3 is 2.51 bits per heavy atom. The number of likely N-dealkylation sites (tertiary alicyclic amines) is 1. The highest BCUT2D eigenvalue weighted by Gasteiger charge is 2.55. The van der Waals surface area contributed by atoms with Gasteiger partial charge < -0.3 is 24.2 Å². The van der Waals surface area contributed by atoms with E-state index in [4.69, 9.17) is 14.2 Å². The van der Waals surface area contributed by atoms with E-state index in [0.717, 1.165) is 31.3 Å². The van der Waals surface area contributed by atoms with Crippen molar-refractivity contribution in [3.05, 3.63) is 36.0 Å². The molecular formula is C33H49NO7. The zero-order valence-corrected chi connectivity index (χ0v) is 25.4. The third-order valence-electron chi connectivity index (χ3n) is 9.78. The van der Waals surface area contributed by atoms with Crippen molar-refractivity contribution in [3.8, 4) is 0 Å². The highest BCUT2D eigenvalue weighted by atomic mass is 16.6. The molecule has 3 aliphatic heterocycles. The zero-order chi connectivity index (χ0) is 29.7. The lowest BCUT2D eigenvalue weighted by molar-refractivity contribution is -0.120. The first kappa shape index (κ1) is 31.6. The van der Waals surface area contributed by atoms with Gasteiger partial charge in [0, 0.05) is 31.8 Å². The summed E-state index contributed by atoms with van der Waals surface area (Å²) in [6, 6.07) is 0. The number of ketones is 2. The summed E-state index contributed by atoms with van der Waals surface area (Å²) in [5.74, 6) is 1.96. The van der Waals surface area contributed by atoms with Crippen molar-refractivity contribution in [2.45, 2.75) is 97.1 Å². The van der Waals surface area contributed by atoms with Crippen LogP contribution in [-0.2, 0) is 23.8 Å². The van der Waals surface area contributed by atoms with E-state index in [2.05, 4.69) is 26.8 Å². The Kier molecular flexibility index (Phi) is 10.6. The molecule has 1 N–H and O–H groups in total. The Labute approximate surface area is 245 Å². The molecule has 0 radical (unpaired) electrons. The number of Topliss-reactive ketones (excluding diaryl/α,β-unsaturated/α-hetero) is 1. The topological polar surface area (TPSA) is 106 Å². The second kappa shape index (κ2) is 13.8. The van der Waals surface area contributed by atoms with E-state index in [-0.39, 0.29) is 29.2 Å². The number of nitrogens with zero attached hydrogens (tertiary/aromatic N) is 1. The minimum atomic E-state index is -0.608. The van der Waals surface area contributed by atoms with Crippen LogP contribution in [0, 0.1) is 29.6 Å². The third kappa shape index (κ3) is 8.39. The lowest BCUT2D eigenvalue weighted by Crippen LogP contribution is -2.46. The number of rotatable bonds is 10. The van der Waals surface area contributed by atoms with E-state index >= 15 is 0 Å². The van der Waals surface area contributed by atoms with Crippen LogP contribution in [-0.4, -0.2) is 77.9 Å². The predicted molar refractivity (Wildman–Crippen MR) is 156 cm³/mol. The summed E-state index contributed by atoms with van der Waals surface area (Å²) in [4.78, 5) is 38.3. The molecule has 1 amide bonds. The molecule has 4 aliphatic rings. The first-order valence-electron chi connectivity index (χ1n) is 15.4. The number of carbonyl (C=O) groups excluding carboxylic acids is 3. The molecule has 1 spiro atoms. The van der Waals surface area contributed by atoms with E-state index < -0.39 is 18.3 Å². The molecule has 1 saturated carbocycles. The van der Waals surface area contributed by atoms with Crippen LogP contribution in [0.5, 0.6) is 0 Å². The van der Waals surface area contributed by atoms with Crippen LogP contribution in [0.2, 0.25) is 0 Å². The van der Waals surface area contributed by atoms with Crippen LogP contribution in [0.25, 0.3) is 0 Å². The largest absolute Gasteiger partial charge is 0.442 e. The van der Waals surface area contributed by atoms with E-state index in [9.17, 15) is 19.5 Å². The fourth-order valence-electron chi connectivity index (χ4n) is 6.64. The maximum absolute atomic E-state index is 12.8. The van der Waals surface area contributed by atoms with Crippen LogP contribution >= 0.6 is 0 Å². The smallest absolute Gasteiger partial charge is 0.410 e. The average Bonchev–Trinajstić information content (AvgIpc) is 3.51. The van der Waals surface area contributed by atoms with Crippen LogP contribution in [0.3, 0.4) is 0 Å². The van der Waals surface area contributed by atoms with E-state index in [1.54, 1.807) is 30.9 Å². The van der Waals surface area contributed by atoms with Crippen LogP contribution < -0.4 is 0 Å². The first-order valence-corrected chi connectivity index (χ1v) is 15.4. The molecule has 8 heteroatoms. The van der Waals surface area contributed by atoms with Crippen LogP contribution in [0.15, 0.2) is 36.0 Å². The van der Waals surface area contributed by atoms with Gasteiger partial charge in [-0.25, -0.2) is 4.79 Å². The highest BCUT2D eigenvalue weighted by Crippen LogP contribution is 2.42. The van der Waals surface area contributed by atoms with Crippen molar-refractivity contribution in [2.24, 2.45) is 29.6 Å². The Balaban J connectivity index is 1.18. The molecule has 3 heterocycles. The summed E-state index contributed by atoms with van der Waals surface area (Å²) in [7, 11) is 0. The average molecular weight is 572 g/mol. The van der Waals surface area contributed by atoms with Crippen LogP contribution in [0.4, 0.5) is 4.79 Å². The van der Waals surface area contributed by atoms with Crippen molar-refractivity contribution < 1.29 is 33.7 Å². The second-order valence-corrected chi connectivity index (χ2v) is 13.0. The summed E-state index contributed by atoms with van der Waals surface area (Å²) < 4.78 is 16.7. The summed E-state index contributed by atoms with van der Waals surface area (Å²) in [6.07, 6.45) is 12.7. The van der Waals surface area contributed by atoms with Gasteiger partial charge in [0.25, 0.3) is 0 Å². The SMILES string of the molecule is CC(=O)C1CCN(C(=O)O[C@@H](C)/C=C\C(=O)C[C@@H]2C[C@H](C)[C@H](C/C=C(C)/C=C/C3OCC[C@@]4(CO4)[C@@H]3O)C[C@@H]2C)C1. The van der Waals surface area contributed by atoms with Gasteiger partial charge in [0.05, 0.1) is 13.2 Å². The third-order valence-corrected chi connectivity index (χ3v) is 9.78. The maximum atomic E-state index is 12.8. The summed E-state index contributed by atoms with van der Waals surface area (Å²) in [5.41, 5.74) is 0.782. The molecule has 0 aromatic carbocycles. The fraction of sp³-hybridized carbons (Fsp3) is 0.727. The van der Waals surface area contributed by atoms with Crippen molar-refractivity contribution in [3.63, 3.8) is 0 Å². The second-order valence-electron chi connectivity index (χ2n) is 13.0. The van der Waals surface area contributed by atoms with E-state index in [0.29, 0.717) is 62.8 Å². The number of ether oxygens (including phenoxy) is 3. The Hall–Kier alpha value is -2.29. The molecule has 4 fully saturated rings. The number of carbonyl (C=O) groups is 3. The minimum Gasteiger partial charge on any atom is -0.442 e. The normalized spacial score (nSPS) is 36.7. The molecule has 9 atom stereocenters. The maximum Gasteiger partial charge on any atom is 0.410 e. The molecule has 1 aliphatic carbocycles. The molecule has 3 saturated heterocycles. The van der Waals surface area contributed by atoms with Gasteiger partial charge in [0.2, 0.25) is 0 Å². The summed E-state index contributed by atoms with van der Waals surface area (Å²) in [5, 5.41) is 10.5. The quantitative estimate of drug-likeness (QED) is 0.222. The van der Waals surface area contributed by atoms with Crippen molar-refractivity contribution >= 4 is 17.7 Å². The summed E-state index contributed by atoms with van der Waals surface area (Å²) in [6.45, 7) is 12.1. The van der Waals surface area contributed by atoms with Crippen molar-refractivity contribution in [1.82, 2.24) is 4.90 Å². The monoisotopic (exact) mass is 571 g/mol. The number of allylic oxidation sites excluding steroid dienone is 4. The number of amides is 1. The van der Waals surface area contributed by atoms with Gasteiger partial charge >= 0.3 is 6.09 Å². The van der Waals surface area contributed by atoms with Gasteiger partial charge in [-0.15, -0.1) is 0 Å². The van der Waals surface area contributed by atoms with Gasteiger partial charge in [-0.3, -0.25) is 9.59 Å². The van der Waals surface area contributed by atoms with Crippen LogP contribution in [0.1, 0.15) is 73.1 Å². The number of epoxide rings is 1. The predicted octanol–water partition coefficient (Wildman–Crippen LogP) is 5.05. The molecule has 228 valence electrons. The minimum absolute atomic E-state index is 0.0691. The first-order chi connectivity index (χ1) is 19.5. The molecular weight excluding hydrogens is 522 g/mol. The highest BCUT2D eigenvalue weighted by molar-refractivity contribution is 5.90. The number of hydrogen-bond donors (Lipinski definition) is 1. The lowest BCUT2D eigenvalue weighted by Gasteiger charge is -2.38. The number of aliphatic hydroxyl groups is 1. The molecule has 4 rings (SSSR count). The number of hydrogen-bond acceptors (Lipinski definition) is 7. The molecule has 8 nitrogen and oxygen atoms in total. The Morgan fingerprint density at radius 1 is 1.12 bits per heavy atom. The van der Waals surface area contributed by atoms with Crippen molar-refractivity contribution in [1.29, 1.82) is 0 Å². The molecule has 0 bridgehead atoms. The number of aliphatic hydroxyl groups excluding tert-OH is 1. The molecule has 41 heavy (non-hydrogen) atoms. The lowest BCUT2D eigenvalue weighted by atomic mass is 9.67. The van der Waals surface area contributed by atoms with E-state index in [1.807, 2.05) is 12.2 Å². The van der Waals surface area contributed by atoms with Crippen molar-refractivity contribution in [2.75, 3.05) is 26.3 Å². The Bertz CT molecular complexity index is 1040.